The summed E-state index contributed by atoms with van der Waals surface area (Å²) in [6, 6.07) is 17.1. The van der Waals surface area contributed by atoms with Crippen molar-refractivity contribution in [2.75, 3.05) is 17.3 Å². The number of nitriles is 1. The number of nitrogens with zero attached hydrogens (tertiary/aromatic N) is 5. The highest BCUT2D eigenvalue weighted by molar-refractivity contribution is 6.04. The Morgan fingerprint density at radius 1 is 1.14 bits per heavy atom. The fourth-order valence-corrected chi connectivity index (χ4v) is 3.68. The summed E-state index contributed by atoms with van der Waals surface area (Å²) in [6.45, 7) is 0.212. The van der Waals surface area contributed by atoms with Gasteiger partial charge in [0.25, 0.3) is 5.91 Å². The van der Waals surface area contributed by atoms with Crippen molar-refractivity contribution >= 4 is 40.4 Å². The van der Waals surface area contributed by atoms with Gasteiger partial charge in [0.05, 0.1) is 29.1 Å². The van der Waals surface area contributed by atoms with Crippen LogP contribution in [0.3, 0.4) is 0 Å². The molecule has 0 saturated carbocycles. The molecule has 10 heteroatoms. The summed E-state index contributed by atoms with van der Waals surface area (Å²) in [5.74, 6) is -0.787. The normalized spacial score (nSPS) is 10.6. The van der Waals surface area contributed by atoms with Crippen LogP contribution in [0.25, 0.3) is 11.0 Å². The molecule has 3 N–H and O–H groups in total. The first kappa shape index (κ1) is 24.1. The zero-order chi connectivity index (χ0) is 25.7. The third-order valence-corrected chi connectivity index (χ3v) is 5.65. The van der Waals surface area contributed by atoms with Gasteiger partial charge in [0.15, 0.2) is 0 Å². The van der Waals surface area contributed by atoms with Gasteiger partial charge in [-0.2, -0.15) is 5.26 Å². The van der Waals surface area contributed by atoms with Crippen molar-refractivity contribution in [2.24, 2.45) is 5.73 Å². The van der Waals surface area contributed by atoms with E-state index in [2.05, 4.69) is 15.3 Å². The van der Waals surface area contributed by atoms with Gasteiger partial charge in [-0.1, -0.05) is 6.07 Å². The Morgan fingerprint density at radius 2 is 1.92 bits per heavy atom. The molecule has 0 radical (unpaired) electrons. The Bertz CT molecular complexity index is 1470. The molecule has 10 nitrogen and oxygen atoms in total. The minimum Gasteiger partial charge on any atom is -0.370 e. The highest BCUT2D eigenvalue weighted by Crippen LogP contribution is 2.26. The third kappa shape index (κ3) is 5.37. The monoisotopic (exact) mass is 481 g/mol. The number of primary amides is 1. The van der Waals surface area contributed by atoms with Crippen molar-refractivity contribution in [3.63, 3.8) is 0 Å². The molecule has 36 heavy (non-hydrogen) atoms. The topological polar surface area (TPSA) is 147 Å². The summed E-state index contributed by atoms with van der Waals surface area (Å²) in [4.78, 5) is 47.2. The molecule has 180 valence electrons. The fourth-order valence-electron chi connectivity index (χ4n) is 3.68. The molecule has 2 aromatic heterocycles. The highest BCUT2D eigenvalue weighted by Gasteiger charge is 2.18. The van der Waals surface area contributed by atoms with Crippen LogP contribution in [0, 0.1) is 11.3 Å². The average molecular weight is 482 g/mol. The predicted octanol–water partition coefficient (Wildman–Crippen LogP) is 2.64. The van der Waals surface area contributed by atoms with Gasteiger partial charge in [0.1, 0.15) is 0 Å². The highest BCUT2D eigenvalue weighted by atomic mass is 16.2. The molecule has 0 unspecified atom stereocenters. The van der Waals surface area contributed by atoms with E-state index in [0.717, 1.165) is 5.56 Å². The number of hydrogen-bond acceptors (Lipinski definition) is 6. The summed E-state index contributed by atoms with van der Waals surface area (Å²) in [5.41, 5.74) is 8.77. The number of pyridine rings is 1. The molecule has 0 saturated heterocycles. The Balaban J connectivity index is 1.62. The first-order chi connectivity index (χ1) is 17.4. The van der Waals surface area contributed by atoms with Gasteiger partial charge >= 0.3 is 0 Å². The molecule has 2 aromatic carbocycles. The zero-order valence-corrected chi connectivity index (χ0v) is 19.5. The molecule has 0 aliphatic carbocycles. The zero-order valence-electron chi connectivity index (χ0n) is 19.5. The van der Waals surface area contributed by atoms with Gasteiger partial charge in [0.2, 0.25) is 17.8 Å². The Labute approximate surface area is 207 Å². The SMILES string of the molecule is CN(C(=O)Cc1cccnc1)c1ccc2c(c1)nc(NC(=O)c1ccc(C#N)cc1)n2CCC(N)=O. The quantitative estimate of drug-likeness (QED) is 0.395. The first-order valence-corrected chi connectivity index (χ1v) is 11.1. The number of fused-ring (bicyclic) bond motifs is 1. The van der Waals surface area contributed by atoms with E-state index in [0.29, 0.717) is 27.8 Å². The number of aromatic nitrogens is 3. The molecule has 0 aliphatic rings. The van der Waals surface area contributed by atoms with Crippen LogP contribution in [-0.4, -0.2) is 39.3 Å². The Kier molecular flexibility index (Phi) is 7.02. The van der Waals surface area contributed by atoms with Gasteiger partial charge < -0.3 is 15.2 Å². The second-order valence-corrected chi connectivity index (χ2v) is 8.11. The summed E-state index contributed by atoms with van der Waals surface area (Å²) >= 11 is 0. The van der Waals surface area contributed by atoms with E-state index in [9.17, 15) is 14.4 Å². The van der Waals surface area contributed by atoms with Crippen LogP contribution in [0.4, 0.5) is 11.6 Å². The molecule has 3 amide bonds. The van der Waals surface area contributed by atoms with E-state index in [1.165, 1.54) is 4.90 Å². The molecular weight excluding hydrogens is 458 g/mol. The first-order valence-electron chi connectivity index (χ1n) is 11.1. The summed E-state index contributed by atoms with van der Waals surface area (Å²) < 4.78 is 1.70. The van der Waals surface area contributed by atoms with E-state index in [-0.39, 0.29) is 31.2 Å². The van der Waals surface area contributed by atoms with Gasteiger partial charge in [0, 0.05) is 43.7 Å². The Hall–Kier alpha value is -5.04. The van der Waals surface area contributed by atoms with E-state index >= 15 is 0 Å². The van der Waals surface area contributed by atoms with Gasteiger partial charge in [-0.15, -0.1) is 0 Å². The number of nitrogens with one attached hydrogen (secondary N) is 1. The van der Waals surface area contributed by atoms with E-state index in [1.807, 2.05) is 12.1 Å². The van der Waals surface area contributed by atoms with E-state index in [4.69, 9.17) is 11.0 Å². The van der Waals surface area contributed by atoms with Crippen molar-refractivity contribution in [1.82, 2.24) is 14.5 Å². The molecule has 2 heterocycles. The second kappa shape index (κ2) is 10.5. The van der Waals surface area contributed by atoms with Crippen LogP contribution in [0.1, 0.15) is 27.9 Å². The number of carbonyl (C=O) groups excluding carboxylic acids is 3. The lowest BCUT2D eigenvalue weighted by Crippen LogP contribution is -2.27. The van der Waals surface area contributed by atoms with Crippen molar-refractivity contribution < 1.29 is 14.4 Å². The molecule has 0 bridgehead atoms. The van der Waals surface area contributed by atoms with Gasteiger partial charge in [-0.05, 0) is 54.1 Å². The van der Waals surface area contributed by atoms with Crippen LogP contribution < -0.4 is 16.0 Å². The molecule has 4 aromatic rings. The van der Waals surface area contributed by atoms with Crippen LogP contribution >= 0.6 is 0 Å². The van der Waals surface area contributed by atoms with Crippen LogP contribution in [0.5, 0.6) is 0 Å². The summed E-state index contributed by atoms with van der Waals surface area (Å²) in [7, 11) is 1.68. The van der Waals surface area contributed by atoms with Crippen molar-refractivity contribution in [3.8, 4) is 6.07 Å². The number of imidazole rings is 1. The largest absolute Gasteiger partial charge is 0.370 e. The standard InChI is InChI=1S/C26H23N7O3/c1-32(24(35)13-18-3-2-11-29-16-18)20-8-9-22-21(14-20)30-26(33(22)12-10-23(28)34)31-25(36)19-6-4-17(15-27)5-7-19/h2-9,11,14,16H,10,12-13H2,1H3,(H2,28,34)(H,30,31,36). The molecule has 0 fully saturated rings. The lowest BCUT2D eigenvalue weighted by atomic mass is 10.1. The summed E-state index contributed by atoms with van der Waals surface area (Å²) in [5, 5.41) is 11.7. The molecule has 0 spiro atoms. The number of anilines is 2. The second-order valence-electron chi connectivity index (χ2n) is 8.11. The molecule has 4 rings (SSSR count). The maximum absolute atomic E-state index is 12.8. The average Bonchev–Trinajstić information content (AvgIpc) is 3.23. The van der Waals surface area contributed by atoms with Crippen molar-refractivity contribution in [1.29, 1.82) is 5.26 Å². The third-order valence-electron chi connectivity index (χ3n) is 5.65. The number of amides is 3. The molecular formula is C26H23N7O3. The predicted molar refractivity (Wildman–Crippen MR) is 134 cm³/mol. The van der Waals surface area contributed by atoms with Crippen molar-refractivity contribution in [2.45, 2.75) is 19.4 Å². The number of aryl methyl sites for hydroxylation is 1. The maximum Gasteiger partial charge on any atom is 0.257 e. The lowest BCUT2D eigenvalue weighted by Gasteiger charge is -2.17. The number of benzene rings is 2. The van der Waals surface area contributed by atoms with Crippen LogP contribution in [0.15, 0.2) is 67.0 Å². The van der Waals surface area contributed by atoms with Crippen LogP contribution in [0.2, 0.25) is 0 Å². The maximum atomic E-state index is 12.8. The van der Waals surface area contributed by atoms with Gasteiger partial charge in [-0.3, -0.25) is 24.7 Å². The smallest absolute Gasteiger partial charge is 0.257 e. The number of nitrogens with two attached hydrogens (primary N) is 1. The van der Waals surface area contributed by atoms with E-state index < -0.39 is 11.8 Å². The lowest BCUT2D eigenvalue weighted by molar-refractivity contribution is -0.118. The number of rotatable bonds is 8. The minimum absolute atomic E-state index is 0.0520. The number of likely N-dealkylation sites (N-methyl/N-ethyl adjacent to an activating group) is 1. The summed E-state index contributed by atoms with van der Waals surface area (Å²) in [6.07, 6.45) is 3.55. The fraction of sp³-hybridized carbons (Fsp3) is 0.154. The molecule has 0 aliphatic heterocycles. The van der Waals surface area contributed by atoms with Crippen LogP contribution in [-0.2, 0) is 22.6 Å². The number of carbonyl (C=O) groups is 3. The van der Waals surface area contributed by atoms with E-state index in [1.54, 1.807) is 72.5 Å². The molecule has 0 atom stereocenters. The number of hydrogen-bond donors (Lipinski definition) is 2. The van der Waals surface area contributed by atoms with Gasteiger partial charge in [-0.25, -0.2) is 4.98 Å². The Morgan fingerprint density at radius 3 is 2.58 bits per heavy atom. The minimum atomic E-state index is -0.487. The van der Waals surface area contributed by atoms with Crippen molar-refractivity contribution in [3.05, 3.63) is 83.7 Å².